The summed E-state index contributed by atoms with van der Waals surface area (Å²) in [6.45, 7) is 4.41. The zero-order valence-corrected chi connectivity index (χ0v) is 19.1. The zero-order valence-electron chi connectivity index (χ0n) is 19.1. The van der Waals surface area contributed by atoms with Gasteiger partial charge in [0.15, 0.2) is 11.6 Å². The molecule has 2 unspecified atom stereocenters. The Hall–Kier alpha value is -2.26. The van der Waals surface area contributed by atoms with Gasteiger partial charge in [0.25, 0.3) is 0 Å². The topological polar surface area (TPSA) is 78.4 Å². The van der Waals surface area contributed by atoms with Gasteiger partial charge in [-0.15, -0.1) is 0 Å². The number of fused-ring (bicyclic) bond motifs is 1. The average molecular weight is 460 g/mol. The molecular weight excluding hydrogens is 428 g/mol. The molecule has 1 spiro atoms. The normalized spacial score (nSPS) is 30.2. The van der Waals surface area contributed by atoms with E-state index in [0.29, 0.717) is 29.4 Å². The van der Waals surface area contributed by atoms with Gasteiger partial charge in [-0.05, 0) is 63.5 Å². The molecule has 2 aliphatic carbocycles. The summed E-state index contributed by atoms with van der Waals surface area (Å²) in [4.78, 5) is 6.67. The molecule has 2 aromatic rings. The molecule has 2 aromatic heterocycles. The van der Waals surface area contributed by atoms with Crippen LogP contribution in [0.15, 0.2) is 18.3 Å². The third kappa shape index (κ3) is 3.60. The van der Waals surface area contributed by atoms with Crippen molar-refractivity contribution in [2.45, 2.75) is 69.7 Å². The third-order valence-corrected chi connectivity index (χ3v) is 8.09. The van der Waals surface area contributed by atoms with Crippen LogP contribution in [0.4, 0.5) is 14.6 Å². The molecule has 4 fully saturated rings. The van der Waals surface area contributed by atoms with Gasteiger partial charge in [-0.25, -0.2) is 4.98 Å². The molecule has 4 heterocycles. The van der Waals surface area contributed by atoms with E-state index in [1.54, 1.807) is 6.20 Å². The van der Waals surface area contributed by atoms with Crippen molar-refractivity contribution in [1.82, 2.24) is 19.7 Å². The van der Waals surface area contributed by atoms with Crippen molar-refractivity contribution >= 4 is 5.82 Å². The number of pyridine rings is 1. The molecule has 33 heavy (non-hydrogen) atoms. The second kappa shape index (κ2) is 7.63. The molecule has 0 bridgehead atoms. The second-order valence-corrected chi connectivity index (χ2v) is 10.5. The molecule has 0 aromatic carbocycles. The first-order valence-electron chi connectivity index (χ1n) is 12.0. The summed E-state index contributed by atoms with van der Waals surface area (Å²) in [5, 5.41) is 4.81. The van der Waals surface area contributed by atoms with Crippen LogP contribution >= 0.6 is 0 Å². The minimum absolute atomic E-state index is 0.0545. The monoisotopic (exact) mass is 459 g/mol. The lowest BCUT2D eigenvalue weighted by Crippen LogP contribution is -2.64. The largest absolute Gasteiger partial charge is 0.431 e. The van der Waals surface area contributed by atoms with Crippen LogP contribution in [-0.2, 0) is 4.74 Å². The number of nitrogens with two attached hydrogens (primary N) is 1. The standard InChI is InChI=1S/C24H31F2N5O2/c1-13(2)31-19(9-18(29-31)14-6-20(33-23(25)26)22(27)28-10-14)21-16-7-15(8-17(16)21)30-11-24(12-30)4-3-5-32-24/h6,9-10,13,15-17,21,23H,3-5,7-8,11-12H2,1-2H3,(H2,27,28). The predicted octanol–water partition coefficient (Wildman–Crippen LogP) is 4.07. The first kappa shape index (κ1) is 21.3. The molecule has 2 N–H and O–H groups in total. The highest BCUT2D eigenvalue weighted by atomic mass is 19.3. The van der Waals surface area contributed by atoms with Gasteiger partial charge in [0.1, 0.15) is 0 Å². The Balaban J connectivity index is 1.18. The lowest BCUT2D eigenvalue weighted by Gasteiger charge is -2.50. The number of hydrogen-bond acceptors (Lipinski definition) is 6. The molecule has 0 radical (unpaired) electrons. The van der Waals surface area contributed by atoms with Gasteiger partial charge in [-0.3, -0.25) is 9.58 Å². The van der Waals surface area contributed by atoms with E-state index < -0.39 is 6.61 Å². The molecule has 178 valence electrons. The highest BCUT2D eigenvalue weighted by Gasteiger charge is 2.61. The lowest BCUT2D eigenvalue weighted by molar-refractivity contribution is -0.126. The van der Waals surface area contributed by atoms with Crippen LogP contribution in [0.5, 0.6) is 5.75 Å². The van der Waals surface area contributed by atoms with E-state index in [4.69, 9.17) is 15.6 Å². The highest BCUT2D eigenvalue weighted by Crippen LogP contribution is 2.64. The Morgan fingerprint density at radius 2 is 1.97 bits per heavy atom. The zero-order chi connectivity index (χ0) is 22.9. The van der Waals surface area contributed by atoms with E-state index in [0.717, 1.165) is 25.4 Å². The Labute approximate surface area is 192 Å². The van der Waals surface area contributed by atoms with Crippen LogP contribution in [0.25, 0.3) is 11.3 Å². The number of nitrogen functional groups attached to an aromatic ring is 1. The maximum atomic E-state index is 12.7. The van der Waals surface area contributed by atoms with Gasteiger partial charge >= 0.3 is 6.61 Å². The molecule has 2 saturated carbocycles. The van der Waals surface area contributed by atoms with Crippen molar-refractivity contribution in [3.8, 4) is 17.0 Å². The summed E-state index contributed by atoms with van der Waals surface area (Å²) < 4.78 is 38.1. The smallest absolute Gasteiger partial charge is 0.387 e. The minimum Gasteiger partial charge on any atom is -0.431 e. The minimum atomic E-state index is -2.95. The molecule has 9 heteroatoms. The fraction of sp³-hybridized carbons (Fsp3) is 0.667. The number of aromatic nitrogens is 3. The quantitative estimate of drug-likeness (QED) is 0.702. The first-order chi connectivity index (χ1) is 15.8. The maximum absolute atomic E-state index is 12.7. The van der Waals surface area contributed by atoms with Crippen LogP contribution in [0.1, 0.15) is 57.2 Å². The van der Waals surface area contributed by atoms with Crippen molar-refractivity contribution < 1.29 is 18.3 Å². The Kier molecular flexibility index (Phi) is 4.92. The van der Waals surface area contributed by atoms with Gasteiger partial charge in [0.05, 0.1) is 11.3 Å². The number of likely N-dealkylation sites (tertiary alicyclic amines) is 1. The highest BCUT2D eigenvalue weighted by molar-refractivity contribution is 5.64. The van der Waals surface area contributed by atoms with Crippen LogP contribution in [0.2, 0.25) is 0 Å². The molecule has 7 nitrogen and oxygen atoms in total. The summed E-state index contributed by atoms with van der Waals surface area (Å²) in [6, 6.07) is 4.48. The summed E-state index contributed by atoms with van der Waals surface area (Å²) in [5.41, 5.74) is 8.45. The van der Waals surface area contributed by atoms with Crippen LogP contribution < -0.4 is 10.5 Å². The van der Waals surface area contributed by atoms with Crippen LogP contribution in [0, 0.1) is 11.8 Å². The van der Waals surface area contributed by atoms with Gasteiger partial charge in [0, 0.05) is 55.2 Å². The number of nitrogens with zero attached hydrogens (tertiary/aromatic N) is 4. The molecule has 0 amide bonds. The Morgan fingerprint density at radius 1 is 1.21 bits per heavy atom. The van der Waals surface area contributed by atoms with Crippen molar-refractivity contribution in [3.05, 3.63) is 24.0 Å². The van der Waals surface area contributed by atoms with Crippen molar-refractivity contribution in [2.75, 3.05) is 25.4 Å². The summed E-state index contributed by atoms with van der Waals surface area (Å²) in [5.74, 6) is 1.73. The Morgan fingerprint density at radius 3 is 2.61 bits per heavy atom. The van der Waals surface area contributed by atoms with Crippen molar-refractivity contribution in [3.63, 3.8) is 0 Å². The van der Waals surface area contributed by atoms with E-state index in [9.17, 15) is 8.78 Å². The van der Waals surface area contributed by atoms with Crippen molar-refractivity contribution in [1.29, 1.82) is 0 Å². The summed E-state index contributed by atoms with van der Waals surface area (Å²) in [6.07, 6.45) is 6.46. The number of hydrogen-bond donors (Lipinski definition) is 1. The van der Waals surface area contributed by atoms with Gasteiger partial charge in [0.2, 0.25) is 0 Å². The third-order valence-electron chi connectivity index (χ3n) is 8.09. The number of rotatable bonds is 6. The van der Waals surface area contributed by atoms with Gasteiger partial charge in [-0.1, -0.05) is 0 Å². The first-order valence-corrected chi connectivity index (χ1v) is 12.0. The predicted molar refractivity (Wildman–Crippen MR) is 119 cm³/mol. The number of alkyl halides is 2. The van der Waals surface area contributed by atoms with Gasteiger partial charge < -0.3 is 15.2 Å². The van der Waals surface area contributed by atoms with Gasteiger partial charge in [-0.2, -0.15) is 13.9 Å². The fourth-order valence-corrected chi connectivity index (χ4v) is 6.50. The van der Waals surface area contributed by atoms with E-state index in [1.165, 1.54) is 37.4 Å². The molecule has 2 atom stereocenters. The van der Waals surface area contributed by atoms with Crippen LogP contribution in [-0.4, -0.2) is 57.6 Å². The summed E-state index contributed by atoms with van der Waals surface area (Å²) >= 11 is 0. The molecule has 2 saturated heterocycles. The average Bonchev–Trinajstić information content (AvgIpc) is 3.23. The molecular formula is C24H31F2N5O2. The number of ether oxygens (including phenoxy) is 2. The fourth-order valence-electron chi connectivity index (χ4n) is 6.50. The molecule has 6 rings (SSSR count). The second-order valence-electron chi connectivity index (χ2n) is 10.5. The van der Waals surface area contributed by atoms with E-state index in [-0.39, 0.29) is 23.2 Å². The summed E-state index contributed by atoms with van der Waals surface area (Å²) in [7, 11) is 0. The van der Waals surface area contributed by atoms with E-state index >= 15 is 0 Å². The van der Waals surface area contributed by atoms with Crippen molar-refractivity contribution in [2.24, 2.45) is 11.8 Å². The Bertz CT molecular complexity index is 1030. The number of halogens is 2. The number of anilines is 1. The SMILES string of the molecule is CC(C)n1nc(-c2cnc(N)c(OC(F)F)c2)cc1C1C2CC(N3CC4(CCCO4)C3)CC21. The van der Waals surface area contributed by atoms with E-state index in [1.807, 2.05) is 0 Å². The molecule has 2 aliphatic heterocycles. The van der Waals surface area contributed by atoms with E-state index in [2.05, 4.69) is 39.2 Å². The van der Waals surface area contributed by atoms with Crippen LogP contribution in [0.3, 0.4) is 0 Å². The maximum Gasteiger partial charge on any atom is 0.387 e. The molecule has 4 aliphatic rings. The lowest BCUT2D eigenvalue weighted by atomic mass is 9.88.